The Morgan fingerprint density at radius 3 is 2.78 bits per heavy atom. The molecule has 0 saturated heterocycles. The predicted molar refractivity (Wildman–Crippen MR) is 78.0 cm³/mol. The number of anilines is 1. The summed E-state index contributed by atoms with van der Waals surface area (Å²) >= 11 is 10.6. The van der Waals surface area contributed by atoms with Crippen molar-refractivity contribution in [2.75, 3.05) is 12.4 Å². The molecule has 1 amide bonds. The monoisotopic (exact) mass is 345 g/mol. The maximum absolute atomic E-state index is 11.9. The Labute approximate surface area is 122 Å². The van der Waals surface area contributed by atoms with Crippen molar-refractivity contribution < 1.29 is 9.53 Å². The second-order valence-corrected chi connectivity index (χ2v) is 6.28. The number of benzene rings is 1. The number of thiophene rings is 1. The van der Waals surface area contributed by atoms with Crippen LogP contribution in [0.25, 0.3) is 0 Å². The molecule has 1 aromatic heterocycles. The van der Waals surface area contributed by atoms with Crippen LogP contribution >= 0.6 is 38.9 Å². The van der Waals surface area contributed by atoms with Crippen LogP contribution in [0.3, 0.4) is 0 Å². The van der Waals surface area contributed by atoms with E-state index < -0.39 is 0 Å². The summed E-state index contributed by atoms with van der Waals surface area (Å²) in [6.45, 7) is 0. The summed E-state index contributed by atoms with van der Waals surface area (Å²) in [6.07, 6.45) is 0. The number of hydrogen-bond acceptors (Lipinski definition) is 3. The summed E-state index contributed by atoms with van der Waals surface area (Å²) in [5.41, 5.74) is 0.644. The molecule has 2 rings (SSSR count). The first-order valence-corrected chi connectivity index (χ1v) is 6.99. The van der Waals surface area contributed by atoms with Crippen molar-refractivity contribution in [3.05, 3.63) is 44.0 Å². The molecule has 0 radical (unpaired) electrons. The molecule has 0 fully saturated rings. The van der Waals surface area contributed by atoms with Crippen LogP contribution in [-0.2, 0) is 0 Å². The van der Waals surface area contributed by atoms with Gasteiger partial charge in [0, 0.05) is 11.8 Å². The fourth-order valence-corrected chi connectivity index (χ4v) is 2.84. The number of amides is 1. The molecule has 94 valence electrons. The van der Waals surface area contributed by atoms with Gasteiger partial charge in [-0.25, -0.2) is 0 Å². The minimum atomic E-state index is -0.157. The van der Waals surface area contributed by atoms with E-state index in [4.69, 9.17) is 16.3 Å². The van der Waals surface area contributed by atoms with E-state index in [1.54, 1.807) is 24.3 Å². The maximum atomic E-state index is 11.9. The van der Waals surface area contributed by atoms with Gasteiger partial charge < -0.3 is 10.1 Å². The molecule has 18 heavy (non-hydrogen) atoms. The van der Waals surface area contributed by atoms with E-state index in [9.17, 15) is 4.79 Å². The lowest BCUT2D eigenvalue weighted by molar-refractivity contribution is 0.103. The minimum Gasteiger partial charge on any atom is -0.495 e. The third-order valence-electron chi connectivity index (χ3n) is 2.21. The molecule has 1 heterocycles. The van der Waals surface area contributed by atoms with Gasteiger partial charge in [-0.2, -0.15) is 0 Å². The van der Waals surface area contributed by atoms with E-state index in [0.29, 0.717) is 21.3 Å². The molecule has 0 aliphatic rings. The number of nitrogens with one attached hydrogen (secondary N) is 1. The van der Waals surface area contributed by atoms with Crippen molar-refractivity contribution >= 4 is 50.5 Å². The third-order valence-corrected chi connectivity index (χ3v) is 4.14. The second-order valence-electron chi connectivity index (χ2n) is 3.41. The number of methoxy groups -OCH3 is 1. The van der Waals surface area contributed by atoms with Gasteiger partial charge >= 0.3 is 0 Å². The van der Waals surface area contributed by atoms with Gasteiger partial charge in [0.25, 0.3) is 5.91 Å². The van der Waals surface area contributed by atoms with Crippen molar-refractivity contribution in [1.82, 2.24) is 0 Å². The largest absolute Gasteiger partial charge is 0.495 e. The zero-order valence-electron chi connectivity index (χ0n) is 9.37. The quantitative estimate of drug-likeness (QED) is 0.893. The molecule has 0 aliphatic heterocycles. The Morgan fingerprint density at radius 1 is 1.39 bits per heavy atom. The van der Waals surface area contributed by atoms with E-state index >= 15 is 0 Å². The van der Waals surface area contributed by atoms with Gasteiger partial charge in [-0.1, -0.05) is 11.6 Å². The topological polar surface area (TPSA) is 38.3 Å². The molecule has 0 atom stereocenters. The zero-order valence-corrected chi connectivity index (χ0v) is 12.5. The van der Waals surface area contributed by atoms with E-state index in [-0.39, 0.29) is 5.91 Å². The molecule has 6 heteroatoms. The smallest absolute Gasteiger partial charge is 0.265 e. The Balaban J connectivity index is 2.16. The van der Waals surface area contributed by atoms with Gasteiger partial charge in [0.15, 0.2) is 0 Å². The lowest BCUT2D eigenvalue weighted by Gasteiger charge is -2.07. The van der Waals surface area contributed by atoms with Gasteiger partial charge in [0.2, 0.25) is 0 Å². The van der Waals surface area contributed by atoms with Crippen LogP contribution in [0, 0.1) is 0 Å². The van der Waals surface area contributed by atoms with Crippen LogP contribution in [0.2, 0.25) is 5.02 Å². The summed E-state index contributed by atoms with van der Waals surface area (Å²) in [7, 11) is 1.53. The summed E-state index contributed by atoms with van der Waals surface area (Å²) in [5, 5.41) is 3.29. The number of halogens is 2. The standard InChI is InChI=1S/C12H9BrClNO2S/c1-17-9-6-7(2-3-8(9)14)15-12(16)10-4-5-11(13)18-10/h2-6H,1H3,(H,15,16). The average molecular weight is 347 g/mol. The fourth-order valence-electron chi connectivity index (χ4n) is 1.37. The average Bonchev–Trinajstić information content (AvgIpc) is 2.78. The highest BCUT2D eigenvalue weighted by Crippen LogP contribution is 2.28. The summed E-state index contributed by atoms with van der Waals surface area (Å²) in [5.74, 6) is 0.372. The molecular formula is C12H9BrClNO2S. The van der Waals surface area contributed by atoms with Gasteiger partial charge in [0.05, 0.1) is 20.8 Å². The molecule has 3 nitrogen and oxygen atoms in total. The van der Waals surface area contributed by atoms with Crippen LogP contribution in [0.1, 0.15) is 9.67 Å². The van der Waals surface area contributed by atoms with Crippen LogP contribution in [-0.4, -0.2) is 13.0 Å². The van der Waals surface area contributed by atoms with Crippen molar-refractivity contribution in [3.63, 3.8) is 0 Å². The minimum absolute atomic E-state index is 0.157. The Hall–Kier alpha value is -1.04. The number of ether oxygens (including phenoxy) is 1. The predicted octanol–water partition coefficient (Wildman–Crippen LogP) is 4.42. The van der Waals surface area contributed by atoms with Crippen LogP contribution in [0.5, 0.6) is 5.75 Å². The first-order valence-electron chi connectivity index (χ1n) is 5.00. The first kappa shape index (κ1) is 13.4. The number of carbonyl (C=O) groups is 1. The Kier molecular flexibility index (Phi) is 4.27. The van der Waals surface area contributed by atoms with E-state index in [0.717, 1.165) is 3.79 Å². The molecule has 0 unspecified atom stereocenters. The van der Waals surface area contributed by atoms with Crippen molar-refractivity contribution in [2.24, 2.45) is 0 Å². The highest BCUT2D eigenvalue weighted by molar-refractivity contribution is 9.11. The zero-order chi connectivity index (χ0) is 13.1. The van der Waals surface area contributed by atoms with Crippen LogP contribution in [0.15, 0.2) is 34.1 Å². The number of carbonyl (C=O) groups excluding carboxylic acids is 1. The molecular weight excluding hydrogens is 338 g/mol. The molecule has 0 aliphatic carbocycles. The normalized spacial score (nSPS) is 10.2. The van der Waals surface area contributed by atoms with Gasteiger partial charge in [-0.15, -0.1) is 11.3 Å². The number of rotatable bonds is 3. The molecule has 0 spiro atoms. The van der Waals surface area contributed by atoms with Crippen LogP contribution in [0.4, 0.5) is 5.69 Å². The van der Waals surface area contributed by atoms with E-state index in [1.165, 1.54) is 18.4 Å². The lowest BCUT2D eigenvalue weighted by atomic mass is 10.3. The maximum Gasteiger partial charge on any atom is 0.265 e. The summed E-state index contributed by atoms with van der Waals surface area (Å²) < 4.78 is 6.01. The first-order chi connectivity index (χ1) is 8.60. The number of hydrogen-bond donors (Lipinski definition) is 1. The molecule has 0 saturated carbocycles. The Bertz CT molecular complexity index is 585. The van der Waals surface area contributed by atoms with Crippen molar-refractivity contribution in [2.45, 2.75) is 0 Å². The van der Waals surface area contributed by atoms with Gasteiger partial charge in [0.1, 0.15) is 5.75 Å². The molecule has 2 aromatic rings. The van der Waals surface area contributed by atoms with E-state index in [2.05, 4.69) is 21.2 Å². The molecule has 0 bridgehead atoms. The molecule has 1 N–H and O–H groups in total. The lowest BCUT2D eigenvalue weighted by Crippen LogP contribution is -2.10. The highest BCUT2D eigenvalue weighted by Gasteiger charge is 2.10. The Morgan fingerprint density at radius 2 is 2.17 bits per heavy atom. The van der Waals surface area contributed by atoms with Gasteiger partial charge in [-0.3, -0.25) is 4.79 Å². The van der Waals surface area contributed by atoms with Crippen molar-refractivity contribution in [1.29, 1.82) is 0 Å². The third kappa shape index (κ3) is 3.04. The fraction of sp³-hybridized carbons (Fsp3) is 0.0833. The second kappa shape index (κ2) is 5.73. The van der Waals surface area contributed by atoms with E-state index in [1.807, 2.05) is 6.07 Å². The summed E-state index contributed by atoms with van der Waals surface area (Å²) in [4.78, 5) is 12.6. The van der Waals surface area contributed by atoms with Crippen LogP contribution < -0.4 is 10.1 Å². The summed E-state index contributed by atoms with van der Waals surface area (Å²) in [6, 6.07) is 8.69. The highest BCUT2D eigenvalue weighted by atomic mass is 79.9. The SMILES string of the molecule is COc1cc(NC(=O)c2ccc(Br)s2)ccc1Cl. The van der Waals surface area contributed by atoms with Crippen molar-refractivity contribution in [3.8, 4) is 5.75 Å². The van der Waals surface area contributed by atoms with Gasteiger partial charge in [-0.05, 0) is 40.2 Å². The molecule has 1 aromatic carbocycles.